The van der Waals surface area contributed by atoms with Gasteiger partial charge in [-0.05, 0) is 30.2 Å². The van der Waals surface area contributed by atoms with Gasteiger partial charge in [-0.2, -0.15) is 0 Å². The van der Waals surface area contributed by atoms with E-state index in [1.165, 1.54) is 18.2 Å². The van der Waals surface area contributed by atoms with E-state index in [9.17, 15) is 14.5 Å². The number of nitrogens with zero attached hydrogens (tertiary/aromatic N) is 1. The largest absolute Gasteiger partial charge is 0.447 e. The van der Waals surface area contributed by atoms with Crippen molar-refractivity contribution in [1.82, 2.24) is 0 Å². The SMILES string of the molecule is Cc1cccc(Oc2ccc(CBr)cc2[N+](=O)[O-])c1F. The minimum absolute atomic E-state index is 0.0178. The Bertz CT molecular complexity index is 661. The first kappa shape index (κ1) is 14.5. The molecule has 0 radical (unpaired) electrons. The van der Waals surface area contributed by atoms with E-state index in [0.29, 0.717) is 10.9 Å². The number of hydrogen-bond donors (Lipinski definition) is 0. The van der Waals surface area contributed by atoms with E-state index in [1.54, 1.807) is 25.1 Å². The van der Waals surface area contributed by atoms with E-state index >= 15 is 0 Å². The molecule has 2 aromatic rings. The minimum atomic E-state index is -0.546. The van der Waals surface area contributed by atoms with Crippen LogP contribution in [-0.2, 0) is 5.33 Å². The number of halogens is 2. The molecule has 0 spiro atoms. The van der Waals surface area contributed by atoms with Gasteiger partial charge >= 0.3 is 5.69 Å². The van der Waals surface area contributed by atoms with Crippen molar-refractivity contribution in [3.63, 3.8) is 0 Å². The van der Waals surface area contributed by atoms with Gasteiger partial charge in [0.05, 0.1) is 4.92 Å². The van der Waals surface area contributed by atoms with Crippen LogP contribution in [0.3, 0.4) is 0 Å². The zero-order valence-corrected chi connectivity index (χ0v) is 12.2. The Hall–Kier alpha value is -1.95. The lowest BCUT2D eigenvalue weighted by atomic mass is 10.2. The molecule has 0 saturated heterocycles. The molecular weight excluding hydrogens is 329 g/mol. The van der Waals surface area contributed by atoms with Gasteiger partial charge in [0.2, 0.25) is 5.75 Å². The van der Waals surface area contributed by atoms with Crippen molar-refractivity contribution in [2.75, 3.05) is 0 Å². The first-order chi connectivity index (χ1) is 9.52. The zero-order chi connectivity index (χ0) is 14.7. The second-order valence-electron chi connectivity index (χ2n) is 4.18. The van der Waals surface area contributed by atoms with Gasteiger partial charge in [-0.3, -0.25) is 10.1 Å². The van der Waals surface area contributed by atoms with Crippen molar-refractivity contribution in [3.8, 4) is 11.5 Å². The summed E-state index contributed by atoms with van der Waals surface area (Å²) in [6, 6.07) is 9.22. The van der Waals surface area contributed by atoms with Crippen LogP contribution in [0.4, 0.5) is 10.1 Å². The Morgan fingerprint density at radius 3 is 2.70 bits per heavy atom. The lowest BCUT2D eigenvalue weighted by Crippen LogP contribution is -1.96. The van der Waals surface area contributed by atoms with Crippen LogP contribution in [0.1, 0.15) is 11.1 Å². The van der Waals surface area contributed by atoms with Gasteiger partial charge in [-0.1, -0.05) is 34.1 Å². The molecule has 2 aromatic carbocycles. The van der Waals surface area contributed by atoms with Gasteiger partial charge in [0.1, 0.15) is 0 Å². The van der Waals surface area contributed by atoms with Gasteiger partial charge in [0.15, 0.2) is 11.6 Å². The van der Waals surface area contributed by atoms with Crippen LogP contribution in [-0.4, -0.2) is 4.92 Å². The van der Waals surface area contributed by atoms with Crippen LogP contribution >= 0.6 is 15.9 Å². The Morgan fingerprint density at radius 1 is 1.30 bits per heavy atom. The molecule has 0 aromatic heterocycles. The molecular formula is C14H11BrFNO3. The van der Waals surface area contributed by atoms with Crippen LogP contribution in [0, 0.1) is 22.9 Å². The maximum absolute atomic E-state index is 13.9. The molecule has 0 amide bonds. The zero-order valence-electron chi connectivity index (χ0n) is 10.6. The highest BCUT2D eigenvalue weighted by atomic mass is 79.9. The van der Waals surface area contributed by atoms with Crippen molar-refractivity contribution in [2.45, 2.75) is 12.3 Å². The molecule has 104 valence electrons. The number of hydrogen-bond acceptors (Lipinski definition) is 3. The van der Waals surface area contributed by atoms with E-state index in [1.807, 2.05) is 0 Å². The Balaban J connectivity index is 2.43. The van der Waals surface area contributed by atoms with E-state index in [-0.39, 0.29) is 17.2 Å². The van der Waals surface area contributed by atoms with E-state index in [2.05, 4.69) is 15.9 Å². The van der Waals surface area contributed by atoms with Crippen LogP contribution in [0.25, 0.3) is 0 Å². The Morgan fingerprint density at radius 2 is 2.05 bits per heavy atom. The quantitative estimate of drug-likeness (QED) is 0.459. The Labute approximate surface area is 123 Å². The van der Waals surface area contributed by atoms with Crippen LogP contribution in [0.15, 0.2) is 36.4 Å². The predicted molar refractivity (Wildman–Crippen MR) is 76.9 cm³/mol. The molecule has 20 heavy (non-hydrogen) atoms. The smallest absolute Gasteiger partial charge is 0.311 e. The van der Waals surface area contributed by atoms with Crippen molar-refractivity contribution < 1.29 is 14.1 Å². The maximum atomic E-state index is 13.9. The molecule has 0 heterocycles. The lowest BCUT2D eigenvalue weighted by molar-refractivity contribution is -0.385. The van der Waals surface area contributed by atoms with Gasteiger partial charge in [0, 0.05) is 11.4 Å². The number of rotatable bonds is 4. The van der Waals surface area contributed by atoms with Gasteiger partial charge in [0.25, 0.3) is 0 Å². The third kappa shape index (κ3) is 2.96. The Kier molecular flexibility index (Phi) is 4.34. The molecule has 2 rings (SSSR count). The molecule has 0 aliphatic carbocycles. The topological polar surface area (TPSA) is 52.4 Å². The standard InChI is InChI=1S/C14H11BrFNO3/c1-9-3-2-4-13(14(9)16)20-12-6-5-10(8-15)7-11(12)17(18)19/h2-7H,8H2,1H3. The average molecular weight is 340 g/mol. The second-order valence-corrected chi connectivity index (χ2v) is 4.74. The number of nitro benzene ring substituents is 1. The van der Waals surface area contributed by atoms with Gasteiger partial charge in [-0.15, -0.1) is 0 Å². The summed E-state index contributed by atoms with van der Waals surface area (Å²) in [5, 5.41) is 11.5. The maximum Gasteiger partial charge on any atom is 0.311 e. The molecule has 0 atom stereocenters. The fraction of sp³-hybridized carbons (Fsp3) is 0.143. The van der Waals surface area contributed by atoms with Gasteiger partial charge in [-0.25, -0.2) is 4.39 Å². The molecule has 0 fully saturated rings. The van der Waals surface area contributed by atoms with Crippen LogP contribution in [0.5, 0.6) is 11.5 Å². The highest BCUT2D eigenvalue weighted by molar-refractivity contribution is 9.08. The van der Waals surface area contributed by atoms with Crippen molar-refractivity contribution >= 4 is 21.6 Å². The molecule has 4 nitrogen and oxygen atoms in total. The predicted octanol–water partition coefficient (Wildman–Crippen LogP) is 4.73. The lowest BCUT2D eigenvalue weighted by Gasteiger charge is -2.09. The number of alkyl halides is 1. The average Bonchev–Trinajstić information content (AvgIpc) is 2.44. The number of nitro groups is 1. The van der Waals surface area contributed by atoms with E-state index in [0.717, 1.165) is 5.56 Å². The summed E-state index contributed by atoms with van der Waals surface area (Å²) in [6.07, 6.45) is 0. The minimum Gasteiger partial charge on any atom is -0.447 e. The normalized spacial score (nSPS) is 10.3. The van der Waals surface area contributed by atoms with Crippen molar-refractivity contribution in [1.29, 1.82) is 0 Å². The third-order valence-corrected chi connectivity index (χ3v) is 3.40. The van der Waals surface area contributed by atoms with Crippen molar-refractivity contribution in [2.24, 2.45) is 0 Å². The summed E-state index contributed by atoms with van der Waals surface area (Å²) >= 11 is 3.23. The number of benzene rings is 2. The van der Waals surface area contributed by atoms with Crippen LogP contribution in [0.2, 0.25) is 0 Å². The highest BCUT2D eigenvalue weighted by Gasteiger charge is 2.18. The molecule has 0 aliphatic rings. The molecule has 0 N–H and O–H groups in total. The molecule has 6 heteroatoms. The first-order valence-electron chi connectivity index (χ1n) is 5.79. The highest BCUT2D eigenvalue weighted by Crippen LogP contribution is 2.34. The molecule has 0 bridgehead atoms. The number of aryl methyl sites for hydroxylation is 1. The van der Waals surface area contributed by atoms with E-state index < -0.39 is 10.7 Å². The summed E-state index contributed by atoms with van der Waals surface area (Å²) in [5.41, 5.74) is 0.971. The third-order valence-electron chi connectivity index (χ3n) is 2.75. The fourth-order valence-electron chi connectivity index (χ4n) is 1.69. The van der Waals surface area contributed by atoms with E-state index in [4.69, 9.17) is 4.74 Å². The monoisotopic (exact) mass is 339 g/mol. The summed E-state index contributed by atoms with van der Waals surface area (Å²) in [5.74, 6) is -0.532. The first-order valence-corrected chi connectivity index (χ1v) is 6.91. The number of ether oxygens (including phenoxy) is 1. The second kappa shape index (κ2) is 6.00. The molecule has 0 unspecified atom stereocenters. The molecule has 0 saturated carbocycles. The van der Waals surface area contributed by atoms with Crippen LogP contribution < -0.4 is 4.74 Å². The van der Waals surface area contributed by atoms with Gasteiger partial charge < -0.3 is 4.74 Å². The summed E-state index contributed by atoms with van der Waals surface area (Å²) in [4.78, 5) is 10.5. The fourth-order valence-corrected chi connectivity index (χ4v) is 2.04. The summed E-state index contributed by atoms with van der Waals surface area (Å²) in [6.45, 7) is 1.60. The summed E-state index contributed by atoms with van der Waals surface area (Å²) in [7, 11) is 0. The summed E-state index contributed by atoms with van der Waals surface area (Å²) < 4.78 is 19.2. The molecule has 0 aliphatic heterocycles. The van der Waals surface area contributed by atoms with Crippen molar-refractivity contribution in [3.05, 3.63) is 63.5 Å².